The zero-order chi connectivity index (χ0) is 14.1. The summed E-state index contributed by atoms with van der Waals surface area (Å²) in [6, 6.07) is 0. The first-order valence-corrected chi connectivity index (χ1v) is 7.96. The van der Waals surface area contributed by atoms with Crippen LogP contribution in [0, 0.1) is 11.8 Å². The van der Waals surface area contributed by atoms with Crippen molar-refractivity contribution in [2.75, 3.05) is 32.9 Å². The molecular formula is C16H33NO2. The van der Waals surface area contributed by atoms with Crippen molar-refractivity contribution < 1.29 is 9.47 Å². The third-order valence-electron chi connectivity index (χ3n) is 3.66. The Morgan fingerprint density at radius 2 is 1.79 bits per heavy atom. The van der Waals surface area contributed by atoms with Crippen LogP contribution < -0.4 is 5.32 Å². The van der Waals surface area contributed by atoms with E-state index in [2.05, 4.69) is 33.0 Å². The quantitative estimate of drug-likeness (QED) is 0.585. The van der Waals surface area contributed by atoms with Crippen molar-refractivity contribution >= 4 is 0 Å². The number of hydrogen-bond donors (Lipinski definition) is 1. The molecule has 1 saturated carbocycles. The maximum Gasteiger partial charge on any atom is 0.0708 e. The lowest BCUT2D eigenvalue weighted by atomic mass is 9.77. The minimum atomic E-state index is 0.158. The Morgan fingerprint density at radius 1 is 1.05 bits per heavy atom. The highest BCUT2D eigenvalue weighted by molar-refractivity contribution is 4.90. The van der Waals surface area contributed by atoms with Crippen molar-refractivity contribution in [2.24, 2.45) is 11.8 Å². The molecule has 19 heavy (non-hydrogen) atoms. The van der Waals surface area contributed by atoms with Crippen LogP contribution >= 0.6 is 0 Å². The molecule has 0 aromatic rings. The van der Waals surface area contributed by atoms with E-state index in [0.717, 1.165) is 45.2 Å². The third kappa shape index (κ3) is 7.28. The molecule has 0 heterocycles. The summed E-state index contributed by atoms with van der Waals surface area (Å²) in [6.45, 7) is 13.3. The minimum Gasteiger partial charge on any atom is -0.379 e. The van der Waals surface area contributed by atoms with Gasteiger partial charge in [-0.2, -0.15) is 0 Å². The highest BCUT2D eigenvalue weighted by Crippen LogP contribution is 2.38. The lowest BCUT2D eigenvalue weighted by molar-refractivity contribution is -0.118. The summed E-state index contributed by atoms with van der Waals surface area (Å²) in [6.07, 6.45) is 4.90. The highest BCUT2D eigenvalue weighted by atomic mass is 16.5. The predicted octanol–water partition coefficient (Wildman–Crippen LogP) is 3.23. The second-order valence-electron chi connectivity index (χ2n) is 6.70. The molecule has 0 saturated heterocycles. The van der Waals surface area contributed by atoms with Crippen LogP contribution in [0.25, 0.3) is 0 Å². The van der Waals surface area contributed by atoms with Crippen LogP contribution in [0.5, 0.6) is 0 Å². The maximum absolute atomic E-state index is 6.09. The van der Waals surface area contributed by atoms with Crippen LogP contribution in [0.3, 0.4) is 0 Å². The van der Waals surface area contributed by atoms with Crippen LogP contribution in [0.15, 0.2) is 0 Å². The molecule has 0 atom stereocenters. The van der Waals surface area contributed by atoms with E-state index in [4.69, 9.17) is 9.47 Å². The molecule has 1 rings (SSSR count). The summed E-state index contributed by atoms with van der Waals surface area (Å²) < 4.78 is 11.7. The van der Waals surface area contributed by atoms with E-state index in [1.165, 1.54) is 19.3 Å². The van der Waals surface area contributed by atoms with Crippen LogP contribution in [-0.4, -0.2) is 38.5 Å². The summed E-state index contributed by atoms with van der Waals surface area (Å²) in [5, 5.41) is 3.51. The van der Waals surface area contributed by atoms with Crippen molar-refractivity contribution in [3.8, 4) is 0 Å². The van der Waals surface area contributed by atoms with Crippen LogP contribution in [0.1, 0.15) is 53.4 Å². The fourth-order valence-electron chi connectivity index (χ4n) is 2.38. The molecule has 0 aromatic heterocycles. The average molecular weight is 271 g/mol. The van der Waals surface area contributed by atoms with E-state index in [0.29, 0.717) is 5.92 Å². The zero-order valence-corrected chi connectivity index (χ0v) is 13.3. The van der Waals surface area contributed by atoms with Gasteiger partial charge in [-0.15, -0.1) is 0 Å². The first-order chi connectivity index (χ1) is 9.04. The molecule has 0 amide bonds. The Morgan fingerprint density at radius 3 is 2.32 bits per heavy atom. The molecule has 3 nitrogen and oxygen atoms in total. The molecule has 1 N–H and O–H groups in total. The SMILES string of the molecule is CC(C)CNCCC1(OCCOCC(C)C)CCC1. The highest BCUT2D eigenvalue weighted by Gasteiger charge is 2.37. The van der Waals surface area contributed by atoms with E-state index in [-0.39, 0.29) is 5.60 Å². The van der Waals surface area contributed by atoms with Gasteiger partial charge in [-0.3, -0.25) is 0 Å². The monoisotopic (exact) mass is 271 g/mol. The van der Waals surface area contributed by atoms with Gasteiger partial charge in [0.25, 0.3) is 0 Å². The fourth-order valence-corrected chi connectivity index (χ4v) is 2.38. The Kier molecular flexibility index (Phi) is 7.96. The zero-order valence-electron chi connectivity index (χ0n) is 13.3. The van der Waals surface area contributed by atoms with Crippen LogP contribution in [-0.2, 0) is 9.47 Å². The van der Waals surface area contributed by atoms with E-state index in [1.54, 1.807) is 0 Å². The number of rotatable bonds is 11. The molecule has 0 radical (unpaired) electrons. The largest absolute Gasteiger partial charge is 0.379 e. The Hall–Kier alpha value is -0.120. The van der Waals surface area contributed by atoms with Crippen LogP contribution in [0.2, 0.25) is 0 Å². The van der Waals surface area contributed by atoms with Crippen LogP contribution in [0.4, 0.5) is 0 Å². The van der Waals surface area contributed by atoms with Gasteiger partial charge in [0.2, 0.25) is 0 Å². The van der Waals surface area contributed by atoms with Gasteiger partial charge in [0.05, 0.1) is 18.8 Å². The van der Waals surface area contributed by atoms with Gasteiger partial charge < -0.3 is 14.8 Å². The van der Waals surface area contributed by atoms with Gasteiger partial charge in [-0.25, -0.2) is 0 Å². The second-order valence-corrected chi connectivity index (χ2v) is 6.70. The summed E-state index contributed by atoms with van der Waals surface area (Å²) in [5.74, 6) is 1.33. The molecule has 0 spiro atoms. The van der Waals surface area contributed by atoms with Crippen molar-refractivity contribution in [2.45, 2.75) is 59.0 Å². The Labute approximate surface area is 119 Å². The number of hydrogen-bond acceptors (Lipinski definition) is 3. The summed E-state index contributed by atoms with van der Waals surface area (Å²) >= 11 is 0. The Bertz CT molecular complexity index is 225. The topological polar surface area (TPSA) is 30.5 Å². The number of ether oxygens (including phenoxy) is 2. The molecule has 0 aliphatic heterocycles. The van der Waals surface area contributed by atoms with Crippen molar-refractivity contribution in [3.05, 3.63) is 0 Å². The summed E-state index contributed by atoms with van der Waals surface area (Å²) in [5.41, 5.74) is 0.158. The van der Waals surface area contributed by atoms with E-state index < -0.39 is 0 Å². The van der Waals surface area contributed by atoms with Crippen molar-refractivity contribution in [1.29, 1.82) is 0 Å². The van der Waals surface area contributed by atoms with E-state index in [9.17, 15) is 0 Å². The molecule has 1 aliphatic rings. The molecule has 0 unspecified atom stereocenters. The molecular weight excluding hydrogens is 238 g/mol. The van der Waals surface area contributed by atoms with E-state index in [1.807, 2.05) is 0 Å². The van der Waals surface area contributed by atoms with Crippen molar-refractivity contribution in [1.82, 2.24) is 5.32 Å². The Balaban J connectivity index is 2.06. The van der Waals surface area contributed by atoms with Gasteiger partial charge in [0.15, 0.2) is 0 Å². The molecule has 0 aromatic carbocycles. The lowest BCUT2D eigenvalue weighted by Gasteiger charge is -2.42. The first kappa shape index (κ1) is 16.9. The number of nitrogens with one attached hydrogen (secondary N) is 1. The van der Waals surface area contributed by atoms with Gasteiger partial charge in [0, 0.05) is 6.61 Å². The fraction of sp³-hybridized carbons (Fsp3) is 1.00. The standard InChI is InChI=1S/C16H33NO2/c1-14(2)12-17-9-8-16(6-5-7-16)19-11-10-18-13-15(3)4/h14-15,17H,5-13H2,1-4H3. The normalized spacial score (nSPS) is 18.0. The molecule has 1 aliphatic carbocycles. The predicted molar refractivity (Wildman–Crippen MR) is 80.5 cm³/mol. The summed E-state index contributed by atoms with van der Waals surface area (Å²) in [7, 11) is 0. The van der Waals surface area contributed by atoms with Crippen molar-refractivity contribution in [3.63, 3.8) is 0 Å². The third-order valence-corrected chi connectivity index (χ3v) is 3.66. The molecule has 114 valence electrons. The minimum absolute atomic E-state index is 0.158. The van der Waals surface area contributed by atoms with Gasteiger partial charge in [-0.1, -0.05) is 27.7 Å². The van der Waals surface area contributed by atoms with Gasteiger partial charge in [0.1, 0.15) is 0 Å². The average Bonchev–Trinajstić information content (AvgIpc) is 2.28. The molecule has 0 bridgehead atoms. The lowest BCUT2D eigenvalue weighted by Crippen LogP contribution is -2.43. The summed E-state index contributed by atoms with van der Waals surface area (Å²) in [4.78, 5) is 0. The second kappa shape index (κ2) is 8.93. The van der Waals surface area contributed by atoms with E-state index >= 15 is 0 Å². The smallest absolute Gasteiger partial charge is 0.0708 e. The molecule has 3 heteroatoms. The van der Waals surface area contributed by atoms with Gasteiger partial charge >= 0.3 is 0 Å². The molecule has 1 fully saturated rings. The first-order valence-electron chi connectivity index (χ1n) is 7.96. The van der Waals surface area contributed by atoms with Gasteiger partial charge in [-0.05, 0) is 50.6 Å². The maximum atomic E-state index is 6.09.